The average Bonchev–Trinajstić information content (AvgIpc) is 3.35. The molecule has 270 valence electrons. The lowest BCUT2D eigenvalue weighted by atomic mass is 9.84. The molecule has 0 spiro atoms. The van der Waals surface area contributed by atoms with E-state index in [4.69, 9.17) is 0 Å². The number of amides is 2. The molecule has 1 saturated heterocycles. The molecule has 3 unspecified atom stereocenters. The van der Waals surface area contributed by atoms with Crippen molar-refractivity contribution in [3.05, 3.63) is 141 Å². The zero-order valence-electron chi connectivity index (χ0n) is 28.0. The predicted molar refractivity (Wildman–Crippen MR) is 179 cm³/mol. The molecule has 2 aliphatic heterocycles. The summed E-state index contributed by atoms with van der Waals surface area (Å²) in [6.07, 6.45) is -9.77. The summed E-state index contributed by atoms with van der Waals surface area (Å²) in [5, 5.41) is 3.12. The molecule has 6 rings (SSSR count). The largest absolute Gasteiger partial charge is 0.417 e. The second-order valence-electron chi connectivity index (χ2n) is 13.0. The Balaban J connectivity index is 1.47. The van der Waals surface area contributed by atoms with Crippen LogP contribution in [0, 0.1) is 13.8 Å². The summed E-state index contributed by atoms with van der Waals surface area (Å²) in [7, 11) is 0. The summed E-state index contributed by atoms with van der Waals surface area (Å²) >= 11 is 0. The molecule has 0 radical (unpaired) electrons. The van der Waals surface area contributed by atoms with Gasteiger partial charge in [-0.3, -0.25) is 29.0 Å². The highest BCUT2D eigenvalue weighted by molar-refractivity contribution is 6.21. The maximum Gasteiger partial charge on any atom is 0.417 e. The molecule has 13 heteroatoms. The fraction of sp³-hybridized carbons (Fsp3) is 0.282. The molecule has 3 atom stereocenters. The second kappa shape index (κ2) is 14.1. The van der Waals surface area contributed by atoms with Crippen molar-refractivity contribution in [2.75, 3.05) is 19.6 Å². The molecule has 2 aliphatic rings. The molecule has 1 N–H and O–H groups in total. The topological polar surface area (TPSA) is 86.8 Å². The molecule has 0 aliphatic carbocycles. The van der Waals surface area contributed by atoms with Crippen LogP contribution >= 0.6 is 0 Å². The third-order valence-corrected chi connectivity index (χ3v) is 9.77. The van der Waals surface area contributed by atoms with Gasteiger partial charge in [0.1, 0.15) is 0 Å². The molecular weight excluding hydrogens is 688 g/mol. The predicted octanol–water partition coefficient (Wildman–Crippen LogP) is 6.96. The lowest BCUT2D eigenvalue weighted by Crippen LogP contribution is -2.68. The van der Waals surface area contributed by atoms with Crippen LogP contribution in [0.15, 0.2) is 91.0 Å². The van der Waals surface area contributed by atoms with Crippen LogP contribution in [0.25, 0.3) is 0 Å². The van der Waals surface area contributed by atoms with Gasteiger partial charge in [0.25, 0.3) is 11.8 Å². The number of ketones is 2. The normalized spacial score (nSPS) is 19.5. The summed E-state index contributed by atoms with van der Waals surface area (Å²) in [5.74, 6) is -3.37. The number of nitrogens with one attached hydrogen (secondary N) is 1. The first kappa shape index (κ1) is 36.6. The van der Waals surface area contributed by atoms with Crippen LogP contribution in [0.2, 0.25) is 0 Å². The average molecular weight is 722 g/mol. The minimum atomic E-state index is -4.94. The van der Waals surface area contributed by atoms with E-state index < -0.39 is 89.2 Å². The van der Waals surface area contributed by atoms with Crippen LogP contribution in [0.4, 0.5) is 26.3 Å². The summed E-state index contributed by atoms with van der Waals surface area (Å²) in [5.41, 5.74) is -0.971. The van der Waals surface area contributed by atoms with Gasteiger partial charge >= 0.3 is 12.4 Å². The molecule has 1 fully saturated rings. The van der Waals surface area contributed by atoms with Gasteiger partial charge in [-0.15, -0.1) is 0 Å². The van der Waals surface area contributed by atoms with Crippen LogP contribution in [-0.4, -0.2) is 70.9 Å². The number of fused-ring (bicyclic) bond motifs is 1. The van der Waals surface area contributed by atoms with Crippen molar-refractivity contribution < 1.29 is 45.5 Å². The summed E-state index contributed by atoms with van der Waals surface area (Å²) in [6, 6.07) is 15.9. The van der Waals surface area contributed by atoms with E-state index in [1.807, 2.05) is 26.0 Å². The van der Waals surface area contributed by atoms with Gasteiger partial charge in [-0.1, -0.05) is 66.7 Å². The number of benzene rings is 4. The van der Waals surface area contributed by atoms with Crippen LogP contribution in [-0.2, 0) is 18.8 Å². The summed E-state index contributed by atoms with van der Waals surface area (Å²) < 4.78 is 85.5. The summed E-state index contributed by atoms with van der Waals surface area (Å²) in [4.78, 5) is 57.7. The number of Topliss-reactive ketones (excluding diaryl/α,β-unsaturated/α-hetero) is 2. The Hall–Kier alpha value is -5.14. The molecule has 52 heavy (non-hydrogen) atoms. The number of hydrogen-bond acceptors (Lipinski definition) is 6. The van der Waals surface area contributed by atoms with Crippen LogP contribution < -0.4 is 5.32 Å². The van der Waals surface area contributed by atoms with Crippen molar-refractivity contribution in [3.63, 3.8) is 0 Å². The Bertz CT molecular complexity index is 2030. The van der Waals surface area contributed by atoms with Crippen LogP contribution in [0.1, 0.15) is 69.2 Å². The first-order chi connectivity index (χ1) is 24.6. The maximum absolute atomic E-state index is 14.6. The zero-order chi connectivity index (χ0) is 37.5. The quantitative estimate of drug-likeness (QED) is 0.114. The lowest BCUT2D eigenvalue weighted by Gasteiger charge is -2.46. The van der Waals surface area contributed by atoms with Crippen molar-refractivity contribution in [3.8, 4) is 0 Å². The number of rotatable bonds is 9. The number of carbonyl (C=O) groups is 4. The molecule has 4 aromatic carbocycles. The number of hydrogen-bond donors (Lipinski definition) is 1. The second-order valence-corrected chi connectivity index (χ2v) is 13.0. The third-order valence-electron chi connectivity index (χ3n) is 9.77. The number of halogens is 6. The molecular formula is C39H33F6N3O4. The monoisotopic (exact) mass is 721 g/mol. The van der Waals surface area contributed by atoms with Gasteiger partial charge in [-0.2, -0.15) is 26.3 Å². The van der Waals surface area contributed by atoms with Crippen molar-refractivity contribution in [2.45, 2.75) is 50.7 Å². The van der Waals surface area contributed by atoms with Crippen LogP contribution in [0.3, 0.4) is 0 Å². The van der Waals surface area contributed by atoms with E-state index in [-0.39, 0.29) is 24.1 Å². The Labute approximate surface area is 295 Å². The molecule has 0 saturated carbocycles. The number of alkyl halides is 6. The van der Waals surface area contributed by atoms with E-state index in [1.165, 1.54) is 29.2 Å². The van der Waals surface area contributed by atoms with Gasteiger partial charge in [0, 0.05) is 36.8 Å². The Morgan fingerprint density at radius 1 is 0.692 bits per heavy atom. The van der Waals surface area contributed by atoms with Crippen molar-refractivity contribution in [1.29, 1.82) is 0 Å². The van der Waals surface area contributed by atoms with E-state index >= 15 is 0 Å². The first-order valence-corrected chi connectivity index (χ1v) is 16.5. The molecule has 2 heterocycles. The van der Waals surface area contributed by atoms with Gasteiger partial charge in [0.2, 0.25) is 0 Å². The third kappa shape index (κ3) is 7.02. The van der Waals surface area contributed by atoms with Gasteiger partial charge in [-0.25, -0.2) is 0 Å². The first-order valence-electron chi connectivity index (χ1n) is 16.5. The Morgan fingerprint density at radius 2 is 1.21 bits per heavy atom. The van der Waals surface area contributed by atoms with Gasteiger partial charge in [-0.05, 0) is 61.2 Å². The van der Waals surface area contributed by atoms with Crippen molar-refractivity contribution in [1.82, 2.24) is 15.1 Å². The van der Waals surface area contributed by atoms with E-state index in [1.54, 1.807) is 18.2 Å². The van der Waals surface area contributed by atoms with Crippen molar-refractivity contribution >= 4 is 23.4 Å². The van der Waals surface area contributed by atoms with Gasteiger partial charge in [0.15, 0.2) is 11.6 Å². The minimum absolute atomic E-state index is 0.0925. The Kier molecular flexibility index (Phi) is 9.95. The maximum atomic E-state index is 14.6. The van der Waals surface area contributed by atoms with Crippen molar-refractivity contribution in [2.24, 2.45) is 0 Å². The molecule has 2 amide bonds. The number of aryl methyl sites for hydroxylation is 2. The number of carbonyl (C=O) groups excluding carboxylic acids is 4. The highest BCUT2D eigenvalue weighted by Gasteiger charge is 2.48. The Morgan fingerprint density at radius 3 is 1.75 bits per heavy atom. The standard InChI is InChI=1S/C39H33F6N3O4/c1-22-15-16-24(19-23(22)2)20-31-33(35(50)28-12-6-8-14-30(28)39(43,44)45)47(17-18-48-36(51)25-9-3-4-10-26(25)37(48)52)32(21-46-31)34(49)27-11-5-7-13-29(27)38(40,41)42/h3-16,19,31-33,46H,17-18,20-21H2,1-2H3. The number of nitrogens with zero attached hydrogens (tertiary/aromatic N) is 2. The van der Waals surface area contributed by atoms with E-state index in [0.29, 0.717) is 0 Å². The van der Waals surface area contributed by atoms with E-state index in [9.17, 15) is 45.5 Å². The molecule has 4 aromatic rings. The highest BCUT2D eigenvalue weighted by atomic mass is 19.4. The SMILES string of the molecule is Cc1ccc(CC2NCC(C(=O)c3ccccc3C(F)(F)F)N(CCN3C(=O)c4ccccc4C3=O)C2C(=O)c2ccccc2C(F)(F)F)cc1C. The molecule has 0 aromatic heterocycles. The highest BCUT2D eigenvalue weighted by Crippen LogP contribution is 2.36. The molecule has 7 nitrogen and oxygen atoms in total. The minimum Gasteiger partial charge on any atom is -0.310 e. The molecule has 0 bridgehead atoms. The van der Waals surface area contributed by atoms with Gasteiger partial charge < -0.3 is 5.32 Å². The fourth-order valence-corrected chi connectivity index (χ4v) is 7.04. The number of imide groups is 1. The van der Waals surface area contributed by atoms with Gasteiger partial charge in [0.05, 0.1) is 34.3 Å². The zero-order valence-corrected chi connectivity index (χ0v) is 28.0. The number of piperazine rings is 1. The van der Waals surface area contributed by atoms with E-state index in [0.717, 1.165) is 58.0 Å². The van der Waals surface area contributed by atoms with E-state index in [2.05, 4.69) is 5.32 Å². The fourth-order valence-electron chi connectivity index (χ4n) is 7.04. The van der Waals surface area contributed by atoms with Crippen LogP contribution in [0.5, 0.6) is 0 Å². The summed E-state index contributed by atoms with van der Waals surface area (Å²) in [6.45, 7) is 2.67. The smallest absolute Gasteiger partial charge is 0.310 e. The lowest BCUT2D eigenvalue weighted by molar-refractivity contribution is -0.138.